The van der Waals surface area contributed by atoms with E-state index in [0.717, 1.165) is 11.3 Å². The van der Waals surface area contributed by atoms with Crippen molar-refractivity contribution in [2.24, 2.45) is 0 Å². The van der Waals surface area contributed by atoms with Gasteiger partial charge in [0, 0.05) is 0 Å². The smallest absolute Gasteiger partial charge is 0.251 e. The van der Waals surface area contributed by atoms with Crippen molar-refractivity contribution in [3.63, 3.8) is 0 Å². The van der Waals surface area contributed by atoms with Crippen molar-refractivity contribution in [3.8, 4) is 5.75 Å². The van der Waals surface area contributed by atoms with E-state index < -0.39 is 0 Å². The number of rotatable bonds is 3. The number of carbonyl (C=O) groups excluding carboxylic acids is 1. The molecule has 1 amide bonds. The zero-order chi connectivity index (χ0) is 12.4. The lowest BCUT2D eigenvalue weighted by Crippen LogP contribution is -2.30. The van der Waals surface area contributed by atoms with E-state index in [2.05, 4.69) is 5.32 Å². The summed E-state index contributed by atoms with van der Waals surface area (Å²) >= 11 is 5.11. The van der Waals surface area contributed by atoms with E-state index in [4.69, 9.17) is 17.0 Å². The SMILES string of the molecule is COc1ccc(CN2C(=O)C(C)NC2=S)cc1. The topological polar surface area (TPSA) is 41.6 Å². The fourth-order valence-corrected chi connectivity index (χ4v) is 2.05. The van der Waals surface area contributed by atoms with Crippen LogP contribution in [0.25, 0.3) is 0 Å². The lowest BCUT2D eigenvalue weighted by Gasteiger charge is -2.14. The molecule has 1 aromatic rings. The number of amides is 1. The molecule has 1 atom stereocenters. The standard InChI is InChI=1S/C12H14N2O2S/c1-8-11(15)14(12(17)13-8)7-9-3-5-10(16-2)6-4-9/h3-6,8H,7H2,1-2H3,(H,13,17). The average Bonchev–Trinajstić information content (AvgIpc) is 2.57. The first-order chi connectivity index (χ1) is 8.11. The zero-order valence-corrected chi connectivity index (χ0v) is 10.6. The molecule has 1 heterocycles. The molecule has 17 heavy (non-hydrogen) atoms. The highest BCUT2D eigenvalue weighted by molar-refractivity contribution is 7.80. The molecule has 0 aromatic heterocycles. The Hall–Kier alpha value is -1.62. The van der Waals surface area contributed by atoms with E-state index in [-0.39, 0.29) is 11.9 Å². The molecule has 5 heteroatoms. The molecule has 2 rings (SSSR count). The highest BCUT2D eigenvalue weighted by atomic mass is 32.1. The summed E-state index contributed by atoms with van der Waals surface area (Å²) in [7, 11) is 1.62. The highest BCUT2D eigenvalue weighted by Crippen LogP contribution is 2.15. The Morgan fingerprint density at radius 2 is 2.06 bits per heavy atom. The summed E-state index contributed by atoms with van der Waals surface area (Å²) in [6.07, 6.45) is 0. The van der Waals surface area contributed by atoms with Gasteiger partial charge < -0.3 is 10.1 Å². The molecule has 0 aliphatic carbocycles. The Labute approximate surface area is 106 Å². The summed E-state index contributed by atoms with van der Waals surface area (Å²) in [6.45, 7) is 2.31. The molecule has 0 radical (unpaired) electrons. The average molecular weight is 250 g/mol. The van der Waals surface area contributed by atoms with Crippen LogP contribution in [0.1, 0.15) is 12.5 Å². The van der Waals surface area contributed by atoms with Gasteiger partial charge in [-0.3, -0.25) is 9.69 Å². The van der Waals surface area contributed by atoms with Gasteiger partial charge in [-0.05, 0) is 36.8 Å². The van der Waals surface area contributed by atoms with Gasteiger partial charge in [0.2, 0.25) is 0 Å². The van der Waals surface area contributed by atoms with Crippen LogP contribution in [0.4, 0.5) is 0 Å². The summed E-state index contributed by atoms with van der Waals surface area (Å²) in [4.78, 5) is 13.4. The van der Waals surface area contributed by atoms with Crippen LogP contribution < -0.4 is 10.1 Å². The van der Waals surface area contributed by atoms with Gasteiger partial charge in [0.05, 0.1) is 13.7 Å². The van der Waals surface area contributed by atoms with Gasteiger partial charge in [0.15, 0.2) is 5.11 Å². The van der Waals surface area contributed by atoms with Crippen LogP contribution >= 0.6 is 12.2 Å². The number of hydrogen-bond donors (Lipinski definition) is 1. The fourth-order valence-electron chi connectivity index (χ4n) is 1.72. The summed E-state index contributed by atoms with van der Waals surface area (Å²) in [6, 6.07) is 7.38. The first-order valence-electron chi connectivity index (χ1n) is 5.36. The Morgan fingerprint density at radius 1 is 1.41 bits per heavy atom. The van der Waals surface area contributed by atoms with Gasteiger partial charge in [0.25, 0.3) is 5.91 Å². The van der Waals surface area contributed by atoms with Crippen molar-refractivity contribution in [2.75, 3.05) is 7.11 Å². The largest absolute Gasteiger partial charge is 0.497 e. The number of methoxy groups -OCH3 is 1. The summed E-state index contributed by atoms with van der Waals surface area (Å²) in [5, 5.41) is 3.44. The molecule has 1 aliphatic heterocycles. The summed E-state index contributed by atoms with van der Waals surface area (Å²) < 4.78 is 5.08. The van der Waals surface area contributed by atoms with E-state index in [1.54, 1.807) is 12.0 Å². The Kier molecular flexibility index (Phi) is 3.28. The quantitative estimate of drug-likeness (QED) is 0.821. The molecule has 0 spiro atoms. The van der Waals surface area contributed by atoms with Crippen molar-refractivity contribution >= 4 is 23.2 Å². The number of ether oxygens (including phenoxy) is 1. The number of hydrogen-bond acceptors (Lipinski definition) is 3. The summed E-state index contributed by atoms with van der Waals surface area (Å²) in [5.74, 6) is 0.821. The highest BCUT2D eigenvalue weighted by Gasteiger charge is 2.31. The lowest BCUT2D eigenvalue weighted by atomic mass is 10.2. The van der Waals surface area contributed by atoms with Gasteiger partial charge in [-0.2, -0.15) is 0 Å². The predicted octanol–water partition coefficient (Wildman–Crippen LogP) is 1.30. The number of carbonyl (C=O) groups is 1. The Bertz CT molecular complexity index is 444. The molecular weight excluding hydrogens is 236 g/mol. The van der Waals surface area contributed by atoms with Crippen molar-refractivity contribution < 1.29 is 9.53 Å². The molecule has 0 saturated carbocycles. The molecule has 4 nitrogen and oxygen atoms in total. The number of thiocarbonyl (C=S) groups is 1. The second kappa shape index (κ2) is 4.71. The normalized spacial score (nSPS) is 19.4. The molecular formula is C12H14N2O2S. The van der Waals surface area contributed by atoms with Crippen LogP contribution in [0.3, 0.4) is 0 Å². The van der Waals surface area contributed by atoms with Crippen LogP contribution in [-0.2, 0) is 11.3 Å². The molecule has 0 bridgehead atoms. The third kappa shape index (κ3) is 2.39. The van der Waals surface area contributed by atoms with E-state index >= 15 is 0 Å². The second-order valence-corrected chi connectivity index (χ2v) is 4.33. The predicted molar refractivity (Wildman–Crippen MR) is 68.7 cm³/mol. The van der Waals surface area contributed by atoms with Crippen LogP contribution in [0.5, 0.6) is 5.75 Å². The van der Waals surface area contributed by atoms with Crippen LogP contribution in [-0.4, -0.2) is 29.1 Å². The number of nitrogens with zero attached hydrogens (tertiary/aromatic N) is 1. The molecule has 1 aromatic carbocycles. The van der Waals surface area contributed by atoms with Gasteiger partial charge in [-0.15, -0.1) is 0 Å². The molecule has 1 N–H and O–H groups in total. The molecule has 1 unspecified atom stereocenters. The van der Waals surface area contributed by atoms with Crippen molar-refractivity contribution in [2.45, 2.75) is 19.5 Å². The van der Waals surface area contributed by atoms with E-state index in [1.807, 2.05) is 31.2 Å². The van der Waals surface area contributed by atoms with E-state index in [0.29, 0.717) is 11.7 Å². The van der Waals surface area contributed by atoms with E-state index in [9.17, 15) is 4.79 Å². The second-order valence-electron chi connectivity index (χ2n) is 3.94. The minimum Gasteiger partial charge on any atom is -0.497 e. The van der Waals surface area contributed by atoms with Crippen molar-refractivity contribution in [1.82, 2.24) is 10.2 Å². The Morgan fingerprint density at radius 3 is 2.53 bits per heavy atom. The minimum absolute atomic E-state index is 0.0193. The van der Waals surface area contributed by atoms with Gasteiger partial charge in [0.1, 0.15) is 11.8 Å². The zero-order valence-electron chi connectivity index (χ0n) is 9.77. The van der Waals surface area contributed by atoms with Gasteiger partial charge in [-0.1, -0.05) is 12.1 Å². The van der Waals surface area contributed by atoms with Crippen LogP contribution in [0.15, 0.2) is 24.3 Å². The maximum atomic E-state index is 11.8. The van der Waals surface area contributed by atoms with E-state index in [1.165, 1.54) is 0 Å². The van der Waals surface area contributed by atoms with Crippen LogP contribution in [0, 0.1) is 0 Å². The first kappa shape index (κ1) is 11.9. The third-order valence-electron chi connectivity index (χ3n) is 2.72. The summed E-state index contributed by atoms with van der Waals surface area (Å²) in [5.41, 5.74) is 1.03. The Balaban J connectivity index is 2.10. The monoisotopic (exact) mass is 250 g/mol. The van der Waals surface area contributed by atoms with Crippen LogP contribution in [0.2, 0.25) is 0 Å². The lowest BCUT2D eigenvalue weighted by molar-refractivity contribution is -0.127. The maximum absolute atomic E-state index is 11.8. The van der Waals surface area contributed by atoms with Gasteiger partial charge >= 0.3 is 0 Å². The molecule has 90 valence electrons. The number of benzene rings is 1. The molecule has 1 fully saturated rings. The molecule has 1 saturated heterocycles. The minimum atomic E-state index is -0.222. The third-order valence-corrected chi connectivity index (χ3v) is 3.06. The maximum Gasteiger partial charge on any atom is 0.251 e. The van der Waals surface area contributed by atoms with Gasteiger partial charge in [-0.25, -0.2) is 0 Å². The van der Waals surface area contributed by atoms with Crippen molar-refractivity contribution in [1.29, 1.82) is 0 Å². The van der Waals surface area contributed by atoms with Crippen molar-refractivity contribution in [3.05, 3.63) is 29.8 Å². The molecule has 1 aliphatic rings. The fraction of sp³-hybridized carbons (Fsp3) is 0.333. The number of nitrogens with one attached hydrogen (secondary N) is 1. The first-order valence-corrected chi connectivity index (χ1v) is 5.77.